The van der Waals surface area contributed by atoms with Crippen LogP contribution in [0.15, 0.2) is 70.5 Å². The van der Waals surface area contributed by atoms with E-state index in [2.05, 4.69) is 9.88 Å². The number of rotatable bonds is 5. The molecule has 1 fully saturated rings. The summed E-state index contributed by atoms with van der Waals surface area (Å²) in [4.78, 5) is 23.5. The molecule has 0 bridgehead atoms. The second-order valence-electron chi connectivity index (χ2n) is 9.96. The van der Waals surface area contributed by atoms with E-state index in [1.165, 1.54) is 23.2 Å². The molecule has 0 amide bonds. The third-order valence-electron chi connectivity index (χ3n) is 7.61. The molecule has 4 aromatic rings. The quantitative estimate of drug-likeness (QED) is 0.432. The van der Waals surface area contributed by atoms with Crippen molar-refractivity contribution in [3.05, 3.63) is 93.8 Å². The number of para-hydroxylation sites is 1. The smallest absolute Gasteiger partial charge is 0.268 e. The van der Waals surface area contributed by atoms with Crippen LogP contribution < -0.4 is 5.56 Å². The van der Waals surface area contributed by atoms with Gasteiger partial charge in [-0.25, -0.2) is 17.4 Å². The van der Waals surface area contributed by atoms with Crippen molar-refractivity contribution in [3.8, 4) is 0 Å². The first-order chi connectivity index (χ1) is 17.5. The van der Waals surface area contributed by atoms with Gasteiger partial charge < -0.3 is 4.98 Å². The number of aromatic amines is 1. The molecule has 2 aromatic carbocycles. The number of nitrogens with one attached hydrogen (secondary N) is 1. The molecule has 1 aliphatic heterocycles. The SMILES string of the molecule is O=c1[nH]c(C2CCCCC2)nc2c1CN(Cc1cn(S(=O)(=O)c3ccccc3)c3ccccc13)CC2. The summed E-state index contributed by atoms with van der Waals surface area (Å²) >= 11 is 0. The van der Waals surface area contributed by atoms with Gasteiger partial charge in [-0.2, -0.15) is 0 Å². The Morgan fingerprint density at radius 1 is 0.972 bits per heavy atom. The number of hydrogen-bond acceptors (Lipinski definition) is 5. The Hall–Kier alpha value is -3.23. The molecule has 2 aromatic heterocycles. The summed E-state index contributed by atoms with van der Waals surface area (Å²) in [6, 6.07) is 16.1. The minimum atomic E-state index is -3.72. The second-order valence-corrected chi connectivity index (χ2v) is 11.8. The lowest BCUT2D eigenvalue weighted by atomic mass is 9.88. The molecule has 2 aliphatic rings. The first-order valence-corrected chi connectivity index (χ1v) is 14.2. The number of fused-ring (bicyclic) bond motifs is 2. The van der Waals surface area contributed by atoms with Gasteiger partial charge in [0.25, 0.3) is 15.6 Å². The fourth-order valence-electron chi connectivity index (χ4n) is 5.69. The third-order valence-corrected chi connectivity index (χ3v) is 9.30. The first kappa shape index (κ1) is 23.2. The topological polar surface area (TPSA) is 88.1 Å². The lowest BCUT2D eigenvalue weighted by molar-refractivity contribution is 0.242. The average Bonchev–Trinajstić information content (AvgIpc) is 3.29. The molecule has 1 aliphatic carbocycles. The van der Waals surface area contributed by atoms with Crippen LogP contribution in [-0.2, 0) is 29.5 Å². The normalized spacial score (nSPS) is 17.3. The number of H-pyrrole nitrogens is 1. The summed E-state index contributed by atoms with van der Waals surface area (Å²) in [6.07, 6.45) is 8.33. The van der Waals surface area contributed by atoms with Crippen LogP contribution in [0.4, 0.5) is 0 Å². The molecule has 0 saturated heterocycles. The predicted molar refractivity (Wildman–Crippen MR) is 139 cm³/mol. The van der Waals surface area contributed by atoms with E-state index < -0.39 is 10.0 Å². The molecular formula is C28H30N4O3S. The number of nitrogens with zero attached hydrogens (tertiary/aromatic N) is 3. The fraction of sp³-hybridized carbons (Fsp3) is 0.357. The summed E-state index contributed by atoms with van der Waals surface area (Å²) in [6.45, 7) is 1.84. The molecular weight excluding hydrogens is 472 g/mol. The van der Waals surface area contributed by atoms with Crippen LogP contribution in [0.1, 0.15) is 60.7 Å². The zero-order valence-corrected chi connectivity index (χ0v) is 21.0. The molecule has 7 nitrogen and oxygen atoms in total. The summed E-state index contributed by atoms with van der Waals surface area (Å²) in [5.74, 6) is 1.23. The van der Waals surface area contributed by atoms with Crippen LogP contribution in [0.2, 0.25) is 0 Å². The Labute approximate surface area is 210 Å². The monoisotopic (exact) mass is 502 g/mol. The van der Waals surface area contributed by atoms with Crippen LogP contribution in [0.25, 0.3) is 10.9 Å². The third kappa shape index (κ3) is 4.18. The lowest BCUT2D eigenvalue weighted by Crippen LogP contribution is -2.36. The maximum atomic E-state index is 13.4. The molecule has 0 spiro atoms. The van der Waals surface area contributed by atoms with E-state index in [0.29, 0.717) is 24.5 Å². The van der Waals surface area contributed by atoms with Crippen LogP contribution in [0.3, 0.4) is 0 Å². The molecule has 6 rings (SSSR count). The van der Waals surface area contributed by atoms with Crippen LogP contribution in [0, 0.1) is 0 Å². The minimum absolute atomic E-state index is 0.0284. The summed E-state index contributed by atoms with van der Waals surface area (Å²) in [7, 11) is -3.72. The molecule has 1 saturated carbocycles. The standard InChI is InChI=1S/C28H30N4O3S/c33-28-24-19-31(16-15-25(24)29-27(30-28)20-9-3-1-4-10-20)17-21-18-32(26-14-8-7-13-23(21)26)36(34,35)22-11-5-2-6-12-22/h2,5-8,11-14,18,20H,1,3-4,9-10,15-17,19H2,(H,29,30,33). The van der Waals surface area contributed by atoms with Gasteiger partial charge in [-0.3, -0.25) is 9.69 Å². The van der Waals surface area contributed by atoms with Crippen LogP contribution >= 0.6 is 0 Å². The van der Waals surface area contributed by atoms with Gasteiger partial charge in [-0.15, -0.1) is 0 Å². The van der Waals surface area contributed by atoms with Crippen molar-refractivity contribution in [1.29, 1.82) is 0 Å². The Bertz CT molecular complexity index is 1570. The van der Waals surface area contributed by atoms with Gasteiger partial charge in [-0.05, 0) is 36.6 Å². The molecule has 8 heteroatoms. The first-order valence-electron chi connectivity index (χ1n) is 12.7. The average molecular weight is 503 g/mol. The van der Waals surface area contributed by atoms with Crippen molar-refractivity contribution in [3.63, 3.8) is 0 Å². The van der Waals surface area contributed by atoms with Crippen molar-refractivity contribution in [2.24, 2.45) is 0 Å². The molecule has 3 heterocycles. The summed E-state index contributed by atoms with van der Waals surface area (Å²) in [5, 5.41) is 0.905. The zero-order valence-electron chi connectivity index (χ0n) is 20.2. The van der Waals surface area contributed by atoms with Gasteiger partial charge in [0.2, 0.25) is 0 Å². The van der Waals surface area contributed by atoms with Gasteiger partial charge in [0, 0.05) is 43.6 Å². The fourth-order valence-corrected chi connectivity index (χ4v) is 7.11. The van der Waals surface area contributed by atoms with E-state index in [1.54, 1.807) is 36.5 Å². The van der Waals surface area contributed by atoms with E-state index in [1.807, 2.05) is 24.3 Å². The molecule has 0 unspecified atom stereocenters. The van der Waals surface area contributed by atoms with Crippen molar-refractivity contribution in [1.82, 2.24) is 18.8 Å². The number of aromatic nitrogens is 3. The Morgan fingerprint density at radius 2 is 1.72 bits per heavy atom. The summed E-state index contributed by atoms with van der Waals surface area (Å²) in [5.41, 5.74) is 3.22. The second kappa shape index (κ2) is 9.33. The highest BCUT2D eigenvalue weighted by Gasteiger charge is 2.26. The zero-order chi connectivity index (χ0) is 24.7. The van der Waals surface area contributed by atoms with Gasteiger partial charge in [-0.1, -0.05) is 55.7 Å². The van der Waals surface area contributed by atoms with E-state index in [9.17, 15) is 13.2 Å². The molecule has 36 heavy (non-hydrogen) atoms. The highest BCUT2D eigenvalue weighted by molar-refractivity contribution is 7.90. The Balaban J connectivity index is 1.29. The minimum Gasteiger partial charge on any atom is -0.310 e. The molecule has 0 atom stereocenters. The maximum absolute atomic E-state index is 13.4. The van der Waals surface area contributed by atoms with Crippen molar-refractivity contribution < 1.29 is 8.42 Å². The van der Waals surface area contributed by atoms with E-state index in [4.69, 9.17) is 4.98 Å². The van der Waals surface area contributed by atoms with Crippen LogP contribution in [-0.4, -0.2) is 33.8 Å². The van der Waals surface area contributed by atoms with Crippen molar-refractivity contribution in [2.75, 3.05) is 6.54 Å². The highest BCUT2D eigenvalue weighted by atomic mass is 32.2. The van der Waals surface area contributed by atoms with E-state index in [0.717, 1.165) is 53.8 Å². The van der Waals surface area contributed by atoms with Crippen LogP contribution in [0.5, 0.6) is 0 Å². The number of benzene rings is 2. The van der Waals surface area contributed by atoms with Gasteiger partial charge >= 0.3 is 0 Å². The molecule has 186 valence electrons. The predicted octanol–water partition coefficient (Wildman–Crippen LogP) is 4.57. The maximum Gasteiger partial charge on any atom is 0.268 e. The van der Waals surface area contributed by atoms with Gasteiger partial charge in [0.1, 0.15) is 5.82 Å². The van der Waals surface area contributed by atoms with Crippen molar-refractivity contribution in [2.45, 2.75) is 62.4 Å². The van der Waals surface area contributed by atoms with Gasteiger partial charge in [0.15, 0.2) is 0 Å². The number of hydrogen-bond donors (Lipinski definition) is 1. The highest BCUT2D eigenvalue weighted by Crippen LogP contribution is 2.31. The van der Waals surface area contributed by atoms with E-state index in [-0.39, 0.29) is 10.5 Å². The van der Waals surface area contributed by atoms with Gasteiger partial charge in [0.05, 0.1) is 21.7 Å². The Kier molecular flexibility index (Phi) is 6.01. The van der Waals surface area contributed by atoms with E-state index >= 15 is 0 Å². The van der Waals surface area contributed by atoms with Crippen molar-refractivity contribution >= 4 is 20.9 Å². The Morgan fingerprint density at radius 3 is 2.53 bits per heavy atom. The summed E-state index contributed by atoms with van der Waals surface area (Å²) < 4.78 is 28.2. The lowest BCUT2D eigenvalue weighted by Gasteiger charge is -2.28. The molecule has 1 N–H and O–H groups in total. The molecule has 0 radical (unpaired) electrons. The largest absolute Gasteiger partial charge is 0.310 e.